The predicted molar refractivity (Wildman–Crippen MR) is 64.8 cm³/mol. The van der Waals surface area contributed by atoms with Crippen molar-refractivity contribution in [3.63, 3.8) is 0 Å². The van der Waals surface area contributed by atoms with Crippen LogP contribution in [0.3, 0.4) is 0 Å². The Kier molecular flexibility index (Phi) is 12.3. The van der Waals surface area contributed by atoms with E-state index in [0.29, 0.717) is 0 Å². The summed E-state index contributed by atoms with van der Waals surface area (Å²) >= 11 is 0. The Labute approximate surface area is 106 Å². The highest BCUT2D eigenvalue weighted by Crippen LogP contribution is 2.25. The number of aromatic nitrogens is 3. The van der Waals surface area contributed by atoms with E-state index in [1.165, 1.54) is 0 Å². The molecular formula is C3H15BN7O7P. The van der Waals surface area contributed by atoms with E-state index in [0.717, 1.165) is 0 Å². The lowest BCUT2D eigenvalue weighted by Gasteiger charge is -1.93. The Balaban J connectivity index is -0.000000222. The average molecular weight is 303 g/mol. The first-order chi connectivity index (χ1) is 7.91. The van der Waals surface area contributed by atoms with E-state index in [9.17, 15) is 0 Å². The van der Waals surface area contributed by atoms with Gasteiger partial charge in [0.05, 0.1) is 0 Å². The molecule has 0 unspecified atom stereocenters. The predicted octanol–water partition coefficient (Wildman–Crippen LogP) is -4.20. The summed E-state index contributed by atoms with van der Waals surface area (Å²) < 4.78 is 8.88. The van der Waals surface area contributed by atoms with E-state index in [-0.39, 0.29) is 24.0 Å². The van der Waals surface area contributed by atoms with Crippen molar-refractivity contribution in [2.75, 3.05) is 17.2 Å². The molecule has 0 saturated heterocycles. The summed E-state index contributed by atoms with van der Waals surface area (Å²) in [5.74, 6) is 0.125. The number of hydrogen-bond donors (Lipinski definition) is 10. The van der Waals surface area contributed by atoms with Crippen LogP contribution >= 0.6 is 7.82 Å². The van der Waals surface area contributed by atoms with Crippen LogP contribution in [0.4, 0.5) is 17.8 Å². The Morgan fingerprint density at radius 3 is 1.05 bits per heavy atom. The monoisotopic (exact) mass is 303 g/mol. The summed E-state index contributed by atoms with van der Waals surface area (Å²) in [5.41, 5.74) is 15.4. The molecule has 1 aromatic rings. The molecule has 0 spiro atoms. The molecule has 0 radical (unpaired) electrons. The van der Waals surface area contributed by atoms with E-state index in [4.69, 9.17) is 51.5 Å². The fraction of sp³-hybridized carbons (Fsp3) is 0. The van der Waals surface area contributed by atoms with Gasteiger partial charge >= 0.3 is 15.1 Å². The van der Waals surface area contributed by atoms with Gasteiger partial charge in [0, 0.05) is 0 Å². The van der Waals surface area contributed by atoms with Gasteiger partial charge in [0.2, 0.25) is 17.8 Å². The third-order valence-corrected chi connectivity index (χ3v) is 0.687. The quantitative estimate of drug-likeness (QED) is 0.160. The molecule has 16 heteroatoms. The van der Waals surface area contributed by atoms with Crippen molar-refractivity contribution in [1.29, 1.82) is 0 Å². The second-order valence-corrected chi connectivity index (χ2v) is 3.30. The van der Waals surface area contributed by atoms with Crippen LogP contribution < -0.4 is 23.4 Å². The lowest BCUT2D eigenvalue weighted by molar-refractivity contribution is 0.274. The zero-order chi connectivity index (χ0) is 14.9. The number of rotatable bonds is 0. The molecule has 1 aromatic heterocycles. The van der Waals surface area contributed by atoms with Gasteiger partial charge < -0.3 is 53.1 Å². The molecule has 19 heavy (non-hydrogen) atoms. The van der Waals surface area contributed by atoms with Gasteiger partial charge in [-0.1, -0.05) is 0 Å². The zero-order valence-electron chi connectivity index (χ0n) is 9.40. The first-order valence-electron chi connectivity index (χ1n) is 3.76. The first-order valence-corrected chi connectivity index (χ1v) is 5.33. The van der Waals surface area contributed by atoms with Crippen LogP contribution in [0, 0.1) is 0 Å². The molecule has 0 fully saturated rings. The molecule has 1 heterocycles. The van der Waals surface area contributed by atoms with Gasteiger partial charge in [-0.2, -0.15) is 15.0 Å². The standard InChI is InChI=1S/C3H6N6.BH3O3.H3N.H3O4P/c4-1-7-2(5)9-3(6)8-1;2-1(3)4;;1-5(2,3)4/h(H6,4,5,6,7,8,9);2-4H;1H3;(H3,1,2,3,4). The SMILES string of the molecule is N.Nc1nc(N)nc(N)n1.O=P(O)(O)O.OB(O)O. The van der Waals surface area contributed by atoms with E-state index in [1.807, 2.05) is 0 Å². The maximum absolute atomic E-state index is 8.88. The minimum Gasteiger partial charge on any atom is -0.402 e. The van der Waals surface area contributed by atoms with Crippen molar-refractivity contribution in [3.8, 4) is 0 Å². The lowest BCUT2D eigenvalue weighted by atomic mass is 10.3. The molecular weight excluding hydrogens is 288 g/mol. The molecule has 0 atom stereocenters. The molecule has 15 N–H and O–H groups in total. The number of nitrogen functional groups attached to an aromatic ring is 3. The molecule has 0 amide bonds. The maximum Gasteiger partial charge on any atom is 0.631 e. The van der Waals surface area contributed by atoms with Crippen LogP contribution in [-0.4, -0.2) is 52.0 Å². The summed E-state index contributed by atoms with van der Waals surface area (Å²) in [5, 5.41) is 21.5. The van der Waals surface area contributed by atoms with Crippen LogP contribution in [0.2, 0.25) is 0 Å². The van der Waals surface area contributed by atoms with Crippen molar-refractivity contribution >= 4 is 33.0 Å². The number of phosphoric acid groups is 1. The Morgan fingerprint density at radius 2 is 0.947 bits per heavy atom. The molecule has 0 saturated carbocycles. The molecule has 0 bridgehead atoms. The summed E-state index contributed by atoms with van der Waals surface area (Å²) in [6.07, 6.45) is 0. The Hall–Kier alpha value is -1.58. The third kappa shape index (κ3) is 31.4. The van der Waals surface area contributed by atoms with E-state index < -0.39 is 15.1 Å². The Morgan fingerprint density at radius 1 is 0.842 bits per heavy atom. The lowest BCUT2D eigenvalue weighted by Crippen LogP contribution is -2.07. The minimum absolute atomic E-state index is 0. The molecule has 0 aliphatic carbocycles. The molecule has 112 valence electrons. The van der Waals surface area contributed by atoms with Crippen LogP contribution in [0.25, 0.3) is 0 Å². The fourth-order valence-corrected chi connectivity index (χ4v) is 0.427. The minimum atomic E-state index is -4.64. The largest absolute Gasteiger partial charge is 0.631 e. The summed E-state index contributed by atoms with van der Waals surface area (Å²) in [6.45, 7) is 0. The number of nitrogens with two attached hydrogens (primary N) is 3. The zero-order valence-corrected chi connectivity index (χ0v) is 10.3. The van der Waals surface area contributed by atoms with Crippen molar-refractivity contribution in [2.45, 2.75) is 0 Å². The van der Waals surface area contributed by atoms with Crippen LogP contribution in [0.5, 0.6) is 0 Å². The average Bonchev–Trinajstić information content (AvgIpc) is 1.94. The van der Waals surface area contributed by atoms with Crippen molar-refractivity contribution in [3.05, 3.63) is 0 Å². The van der Waals surface area contributed by atoms with Gasteiger partial charge in [0.15, 0.2) is 0 Å². The number of nitrogens with zero attached hydrogens (tertiary/aromatic N) is 3. The molecule has 0 aliphatic rings. The number of anilines is 3. The highest BCUT2D eigenvalue weighted by atomic mass is 31.2. The Bertz CT molecular complexity index is 339. The molecule has 1 rings (SSSR count). The first kappa shape index (κ1) is 22.6. The second kappa shape index (κ2) is 10.4. The maximum atomic E-state index is 8.88. The van der Waals surface area contributed by atoms with Gasteiger partial charge in [-0.05, 0) is 0 Å². The van der Waals surface area contributed by atoms with E-state index in [1.54, 1.807) is 0 Å². The number of hydrogen-bond acceptors (Lipinski definition) is 11. The van der Waals surface area contributed by atoms with E-state index in [2.05, 4.69) is 15.0 Å². The van der Waals surface area contributed by atoms with Gasteiger partial charge in [0.1, 0.15) is 0 Å². The molecule has 0 aliphatic heterocycles. The van der Waals surface area contributed by atoms with Gasteiger partial charge in [-0.3, -0.25) is 0 Å². The topological polar surface area (TPSA) is 290 Å². The van der Waals surface area contributed by atoms with Crippen LogP contribution in [0.1, 0.15) is 0 Å². The summed E-state index contributed by atoms with van der Waals surface area (Å²) in [6, 6.07) is 0. The van der Waals surface area contributed by atoms with Gasteiger partial charge in [-0.25, -0.2) is 4.57 Å². The highest BCUT2D eigenvalue weighted by Gasteiger charge is 2.00. The van der Waals surface area contributed by atoms with Crippen molar-refractivity contribution in [1.82, 2.24) is 21.1 Å². The van der Waals surface area contributed by atoms with Crippen LogP contribution in [0.15, 0.2) is 0 Å². The summed E-state index contributed by atoms with van der Waals surface area (Å²) in [7, 11) is -6.81. The smallest absolute Gasteiger partial charge is 0.402 e. The van der Waals surface area contributed by atoms with E-state index >= 15 is 0 Å². The normalized spacial score (nSPS) is 8.95. The molecule has 14 nitrogen and oxygen atoms in total. The molecule has 0 aromatic carbocycles. The summed E-state index contributed by atoms with van der Waals surface area (Å²) in [4.78, 5) is 32.0. The second-order valence-electron chi connectivity index (χ2n) is 2.27. The fourth-order valence-electron chi connectivity index (χ4n) is 0.427. The van der Waals surface area contributed by atoms with Crippen molar-refractivity contribution < 1.29 is 34.3 Å². The van der Waals surface area contributed by atoms with Gasteiger partial charge in [-0.15, -0.1) is 0 Å². The third-order valence-electron chi connectivity index (χ3n) is 0.687. The van der Waals surface area contributed by atoms with Crippen LogP contribution in [-0.2, 0) is 4.57 Å². The highest BCUT2D eigenvalue weighted by molar-refractivity contribution is 7.45. The van der Waals surface area contributed by atoms with Crippen molar-refractivity contribution in [2.24, 2.45) is 0 Å². The van der Waals surface area contributed by atoms with Gasteiger partial charge in [0.25, 0.3) is 0 Å².